The fourth-order valence-electron chi connectivity index (χ4n) is 2.35. The number of nitrogens with zero attached hydrogens (tertiary/aromatic N) is 4. The third-order valence-electron chi connectivity index (χ3n) is 3.56. The van der Waals surface area contributed by atoms with Crippen molar-refractivity contribution in [2.24, 2.45) is 5.14 Å². The van der Waals surface area contributed by atoms with E-state index in [1.165, 1.54) is 0 Å². The number of aromatic nitrogens is 2. The van der Waals surface area contributed by atoms with E-state index >= 15 is 0 Å². The molecular formula is C11H20N6O3S. The highest BCUT2D eigenvalue weighted by atomic mass is 32.2. The Kier molecular flexibility index (Phi) is 4.21. The van der Waals surface area contributed by atoms with Gasteiger partial charge >= 0.3 is 0 Å². The second-order valence-corrected chi connectivity index (χ2v) is 6.45. The second kappa shape index (κ2) is 5.62. The van der Waals surface area contributed by atoms with E-state index in [1.54, 1.807) is 16.5 Å². The molecule has 21 heavy (non-hydrogen) atoms. The third-order valence-corrected chi connectivity index (χ3v) is 4.65. The molecule has 2 heterocycles. The monoisotopic (exact) mass is 316 g/mol. The summed E-state index contributed by atoms with van der Waals surface area (Å²) in [7, 11) is -3.70. The number of carbonyl (C=O) groups excluding carboxylic acids is 1. The van der Waals surface area contributed by atoms with E-state index in [1.807, 2.05) is 6.92 Å². The molecule has 0 aromatic carbocycles. The van der Waals surface area contributed by atoms with Crippen LogP contribution in [0.1, 0.15) is 23.1 Å². The van der Waals surface area contributed by atoms with E-state index in [2.05, 4.69) is 5.10 Å². The SMILES string of the molecule is CCn1nc(C)c(N)c1C(=O)N1CCN(S(N)(=O)=O)CC1. The zero-order valence-electron chi connectivity index (χ0n) is 12.1. The fraction of sp³-hybridized carbons (Fsp3) is 0.636. The molecule has 1 aliphatic heterocycles. The van der Waals surface area contributed by atoms with Crippen LogP contribution in [0.25, 0.3) is 0 Å². The summed E-state index contributed by atoms with van der Waals surface area (Å²) in [6, 6.07) is 0. The van der Waals surface area contributed by atoms with E-state index in [9.17, 15) is 13.2 Å². The summed E-state index contributed by atoms with van der Waals surface area (Å²) in [5.41, 5.74) is 7.27. The van der Waals surface area contributed by atoms with Crippen molar-refractivity contribution >= 4 is 21.8 Å². The predicted molar refractivity (Wildman–Crippen MR) is 77.6 cm³/mol. The van der Waals surface area contributed by atoms with Crippen LogP contribution in [0.2, 0.25) is 0 Å². The molecule has 0 bridgehead atoms. The number of aryl methyl sites for hydroxylation is 2. The van der Waals surface area contributed by atoms with Crippen LogP contribution in [0.3, 0.4) is 0 Å². The van der Waals surface area contributed by atoms with Gasteiger partial charge in [0.25, 0.3) is 16.1 Å². The predicted octanol–water partition coefficient (Wildman–Crippen LogP) is -1.25. The van der Waals surface area contributed by atoms with Gasteiger partial charge in [-0.2, -0.15) is 17.8 Å². The maximum atomic E-state index is 12.6. The van der Waals surface area contributed by atoms with Crippen LogP contribution in [0.4, 0.5) is 5.69 Å². The molecule has 1 saturated heterocycles. The lowest BCUT2D eigenvalue weighted by atomic mass is 10.2. The first kappa shape index (κ1) is 15.7. The van der Waals surface area contributed by atoms with Gasteiger partial charge in [-0.05, 0) is 13.8 Å². The summed E-state index contributed by atoms with van der Waals surface area (Å²) in [5, 5.41) is 9.29. The van der Waals surface area contributed by atoms with E-state index in [0.29, 0.717) is 23.6 Å². The average molecular weight is 316 g/mol. The van der Waals surface area contributed by atoms with Crippen molar-refractivity contribution < 1.29 is 13.2 Å². The van der Waals surface area contributed by atoms with Crippen LogP contribution in [0.5, 0.6) is 0 Å². The Morgan fingerprint density at radius 2 is 1.86 bits per heavy atom. The molecule has 0 unspecified atom stereocenters. The number of nitrogens with two attached hydrogens (primary N) is 2. The number of hydrogen-bond acceptors (Lipinski definition) is 5. The Bertz CT molecular complexity index is 645. The Labute approximate surface area is 123 Å². The molecule has 9 nitrogen and oxygen atoms in total. The van der Waals surface area contributed by atoms with E-state index in [4.69, 9.17) is 10.9 Å². The summed E-state index contributed by atoms with van der Waals surface area (Å²) in [4.78, 5) is 14.1. The van der Waals surface area contributed by atoms with Crippen LogP contribution < -0.4 is 10.9 Å². The van der Waals surface area contributed by atoms with Crippen LogP contribution >= 0.6 is 0 Å². The first-order valence-electron chi connectivity index (χ1n) is 6.65. The Balaban J connectivity index is 2.16. The molecule has 0 radical (unpaired) electrons. The molecule has 0 atom stereocenters. The van der Waals surface area contributed by atoms with Crippen LogP contribution in [-0.2, 0) is 16.8 Å². The van der Waals surface area contributed by atoms with Gasteiger partial charge in [-0.3, -0.25) is 9.48 Å². The van der Waals surface area contributed by atoms with Crippen molar-refractivity contribution in [1.82, 2.24) is 19.0 Å². The Hall–Kier alpha value is -1.65. The summed E-state index contributed by atoms with van der Waals surface area (Å²) in [6.07, 6.45) is 0. The molecule has 118 valence electrons. The molecule has 10 heteroatoms. The van der Waals surface area contributed by atoms with Gasteiger partial charge in [0.05, 0.1) is 11.4 Å². The summed E-state index contributed by atoms with van der Waals surface area (Å²) >= 11 is 0. The largest absolute Gasteiger partial charge is 0.395 e. The molecule has 0 aliphatic carbocycles. The second-order valence-electron chi connectivity index (χ2n) is 4.90. The number of hydrogen-bond donors (Lipinski definition) is 2. The molecule has 0 spiro atoms. The normalized spacial score (nSPS) is 17.2. The first-order chi connectivity index (χ1) is 9.75. The zero-order chi connectivity index (χ0) is 15.8. The molecule has 1 aromatic rings. The number of amides is 1. The lowest BCUT2D eigenvalue weighted by Crippen LogP contribution is -2.52. The summed E-state index contributed by atoms with van der Waals surface area (Å²) < 4.78 is 25.2. The quantitative estimate of drug-likeness (QED) is 0.720. The van der Waals surface area contributed by atoms with E-state index in [0.717, 1.165) is 4.31 Å². The Morgan fingerprint density at radius 1 is 1.29 bits per heavy atom. The smallest absolute Gasteiger partial charge is 0.277 e. The van der Waals surface area contributed by atoms with Gasteiger partial charge in [-0.15, -0.1) is 0 Å². The van der Waals surface area contributed by atoms with Crippen LogP contribution in [-0.4, -0.2) is 59.5 Å². The molecule has 1 aromatic heterocycles. The summed E-state index contributed by atoms with van der Waals surface area (Å²) in [5.74, 6) is -0.232. The number of piperazine rings is 1. The highest BCUT2D eigenvalue weighted by Gasteiger charge is 2.30. The minimum Gasteiger partial charge on any atom is -0.395 e. The van der Waals surface area contributed by atoms with Gasteiger partial charge in [-0.1, -0.05) is 0 Å². The molecule has 1 aliphatic rings. The first-order valence-corrected chi connectivity index (χ1v) is 8.16. The number of nitrogen functional groups attached to an aromatic ring is 1. The van der Waals surface area contributed by atoms with Gasteiger partial charge in [0.1, 0.15) is 5.69 Å². The van der Waals surface area contributed by atoms with Crippen molar-refractivity contribution in [2.75, 3.05) is 31.9 Å². The van der Waals surface area contributed by atoms with Crippen molar-refractivity contribution in [1.29, 1.82) is 0 Å². The Morgan fingerprint density at radius 3 is 2.33 bits per heavy atom. The number of carbonyl (C=O) groups is 1. The standard InChI is InChI=1S/C11H20N6O3S/c1-3-17-10(9(12)8(2)14-17)11(18)15-4-6-16(7-5-15)21(13,19)20/h3-7,12H2,1-2H3,(H2,13,19,20). The maximum absolute atomic E-state index is 12.6. The molecule has 0 saturated carbocycles. The van der Waals surface area contributed by atoms with Gasteiger partial charge in [0.2, 0.25) is 0 Å². The molecule has 1 amide bonds. The van der Waals surface area contributed by atoms with Gasteiger partial charge in [0.15, 0.2) is 0 Å². The van der Waals surface area contributed by atoms with Crippen LogP contribution in [0.15, 0.2) is 0 Å². The third kappa shape index (κ3) is 3.01. The molecular weight excluding hydrogens is 296 g/mol. The van der Waals surface area contributed by atoms with Crippen LogP contribution in [0, 0.1) is 6.92 Å². The highest BCUT2D eigenvalue weighted by Crippen LogP contribution is 2.19. The van der Waals surface area contributed by atoms with E-state index < -0.39 is 10.2 Å². The van der Waals surface area contributed by atoms with Crippen molar-refractivity contribution in [3.63, 3.8) is 0 Å². The average Bonchev–Trinajstić information content (AvgIpc) is 2.73. The van der Waals surface area contributed by atoms with Gasteiger partial charge in [-0.25, -0.2) is 5.14 Å². The summed E-state index contributed by atoms with van der Waals surface area (Å²) in [6.45, 7) is 5.09. The van der Waals surface area contributed by atoms with Gasteiger partial charge < -0.3 is 10.6 Å². The van der Waals surface area contributed by atoms with Crippen molar-refractivity contribution in [3.8, 4) is 0 Å². The van der Waals surface area contributed by atoms with Gasteiger partial charge in [0, 0.05) is 32.7 Å². The minimum atomic E-state index is -3.70. The molecule has 4 N–H and O–H groups in total. The maximum Gasteiger partial charge on any atom is 0.277 e. The van der Waals surface area contributed by atoms with Crippen molar-refractivity contribution in [2.45, 2.75) is 20.4 Å². The lowest BCUT2D eigenvalue weighted by Gasteiger charge is -2.33. The van der Waals surface area contributed by atoms with Crippen molar-refractivity contribution in [3.05, 3.63) is 11.4 Å². The highest BCUT2D eigenvalue weighted by molar-refractivity contribution is 7.86. The molecule has 2 rings (SSSR count). The number of anilines is 1. The topological polar surface area (TPSA) is 128 Å². The fourth-order valence-corrected chi connectivity index (χ4v) is 3.02. The molecule has 1 fully saturated rings. The lowest BCUT2D eigenvalue weighted by molar-refractivity contribution is 0.0686. The number of rotatable bonds is 3. The van der Waals surface area contributed by atoms with E-state index in [-0.39, 0.29) is 32.1 Å². The zero-order valence-corrected chi connectivity index (χ0v) is 12.9. The minimum absolute atomic E-state index is 0.184.